The fraction of sp³-hybridized carbons (Fsp3) is 0.579. The number of hydrogen-bond donors (Lipinski definition) is 2. The van der Waals surface area contributed by atoms with Crippen LogP contribution in [0.4, 0.5) is 0 Å². The number of rotatable bonds is 11. The van der Waals surface area contributed by atoms with Crippen LogP contribution >= 0.6 is 0 Å². The molecule has 1 amide bonds. The lowest BCUT2D eigenvalue weighted by molar-refractivity contribution is 0.0698. The summed E-state index contributed by atoms with van der Waals surface area (Å²) in [5.41, 5.74) is 1.74. The summed E-state index contributed by atoms with van der Waals surface area (Å²) in [6, 6.07) is 7.55. The second kappa shape index (κ2) is 13.1. The first-order valence-corrected chi connectivity index (χ1v) is 8.98. The Morgan fingerprint density at radius 3 is 2.46 bits per heavy atom. The molecule has 1 rings (SSSR count). The number of benzene rings is 1. The summed E-state index contributed by atoms with van der Waals surface area (Å²) in [4.78, 5) is 18.0. The van der Waals surface area contributed by atoms with E-state index >= 15 is 0 Å². The molecule has 26 heavy (non-hydrogen) atoms. The van der Waals surface area contributed by atoms with Crippen LogP contribution in [-0.2, 0) is 16.0 Å². The Hall–Kier alpha value is -2.12. The Balaban J connectivity index is 2.44. The molecule has 0 spiro atoms. The highest BCUT2D eigenvalue weighted by Gasteiger charge is 2.07. The molecule has 2 N–H and O–H groups in total. The van der Waals surface area contributed by atoms with Gasteiger partial charge in [0.05, 0.1) is 19.8 Å². The summed E-state index contributed by atoms with van der Waals surface area (Å²) >= 11 is 0. The molecule has 7 heteroatoms. The molecule has 0 aliphatic carbocycles. The highest BCUT2D eigenvalue weighted by molar-refractivity contribution is 5.93. The monoisotopic (exact) mass is 364 g/mol. The van der Waals surface area contributed by atoms with Gasteiger partial charge in [-0.3, -0.25) is 4.79 Å². The Bertz CT molecular complexity index is 544. The van der Waals surface area contributed by atoms with E-state index in [9.17, 15) is 4.79 Å². The van der Waals surface area contributed by atoms with Gasteiger partial charge in [0.25, 0.3) is 5.91 Å². The number of methoxy groups -OCH3 is 1. The summed E-state index contributed by atoms with van der Waals surface area (Å²) in [7, 11) is 5.16. The third-order valence-corrected chi connectivity index (χ3v) is 3.56. The van der Waals surface area contributed by atoms with E-state index in [0.717, 1.165) is 31.0 Å². The third kappa shape index (κ3) is 8.82. The molecule has 0 aliphatic heterocycles. The minimum absolute atomic E-state index is 0.00257. The van der Waals surface area contributed by atoms with Gasteiger partial charge < -0.3 is 25.0 Å². The zero-order valence-electron chi connectivity index (χ0n) is 16.4. The zero-order chi connectivity index (χ0) is 19.2. The molecule has 7 nitrogen and oxygen atoms in total. The molecule has 0 saturated carbocycles. The lowest BCUT2D eigenvalue weighted by atomic mass is 10.1. The van der Waals surface area contributed by atoms with E-state index in [4.69, 9.17) is 9.47 Å². The molecule has 0 aliphatic rings. The molecule has 0 bridgehead atoms. The highest BCUT2D eigenvalue weighted by atomic mass is 16.5. The Morgan fingerprint density at radius 2 is 1.85 bits per heavy atom. The second-order valence-corrected chi connectivity index (χ2v) is 5.98. The van der Waals surface area contributed by atoms with Crippen molar-refractivity contribution in [1.82, 2.24) is 15.5 Å². The molecule has 0 atom stereocenters. The van der Waals surface area contributed by atoms with Crippen molar-refractivity contribution in [2.24, 2.45) is 4.99 Å². The predicted molar refractivity (Wildman–Crippen MR) is 105 cm³/mol. The lowest BCUT2D eigenvalue weighted by Crippen LogP contribution is -2.38. The number of carbonyl (C=O) groups excluding carboxylic acids is 1. The molecule has 0 fully saturated rings. The summed E-state index contributed by atoms with van der Waals surface area (Å²) in [6.07, 6.45) is 0.898. The summed E-state index contributed by atoms with van der Waals surface area (Å²) in [5.74, 6) is 0.778. The van der Waals surface area contributed by atoms with E-state index in [2.05, 4.69) is 15.6 Å². The van der Waals surface area contributed by atoms with Crippen molar-refractivity contribution in [3.63, 3.8) is 0 Å². The number of nitrogens with one attached hydrogen (secondary N) is 2. The maximum atomic E-state index is 11.9. The largest absolute Gasteiger partial charge is 0.382 e. The fourth-order valence-corrected chi connectivity index (χ4v) is 2.15. The quantitative estimate of drug-likeness (QED) is 0.354. The van der Waals surface area contributed by atoms with Gasteiger partial charge in [0.2, 0.25) is 0 Å². The van der Waals surface area contributed by atoms with Crippen LogP contribution in [0.1, 0.15) is 29.3 Å². The predicted octanol–water partition coefficient (Wildman–Crippen LogP) is 1.50. The van der Waals surface area contributed by atoms with Gasteiger partial charge in [-0.2, -0.15) is 0 Å². The number of nitrogens with zero attached hydrogens (tertiary/aromatic N) is 2. The van der Waals surface area contributed by atoms with Crippen molar-refractivity contribution >= 4 is 11.9 Å². The number of hydrogen-bond acceptors (Lipinski definition) is 4. The van der Waals surface area contributed by atoms with Crippen molar-refractivity contribution < 1.29 is 14.3 Å². The van der Waals surface area contributed by atoms with Crippen LogP contribution in [-0.4, -0.2) is 70.9 Å². The van der Waals surface area contributed by atoms with Crippen LogP contribution < -0.4 is 10.6 Å². The number of guanidine groups is 1. The van der Waals surface area contributed by atoms with Crippen LogP contribution in [0.5, 0.6) is 0 Å². The van der Waals surface area contributed by atoms with E-state index in [1.54, 1.807) is 26.1 Å². The van der Waals surface area contributed by atoms with Crippen LogP contribution in [0.2, 0.25) is 0 Å². The van der Waals surface area contributed by atoms with Gasteiger partial charge in [-0.1, -0.05) is 12.1 Å². The fourth-order valence-electron chi connectivity index (χ4n) is 2.15. The van der Waals surface area contributed by atoms with Gasteiger partial charge in [0, 0.05) is 46.5 Å². The summed E-state index contributed by atoms with van der Waals surface area (Å²) < 4.78 is 10.4. The van der Waals surface area contributed by atoms with E-state index in [1.165, 1.54) is 0 Å². The lowest BCUT2D eigenvalue weighted by Gasteiger charge is -2.12. The first-order valence-electron chi connectivity index (χ1n) is 8.98. The van der Waals surface area contributed by atoms with Crippen molar-refractivity contribution in [2.45, 2.75) is 19.9 Å². The topological polar surface area (TPSA) is 75.2 Å². The molecular formula is C19H32N4O3. The number of ether oxygens (including phenoxy) is 2. The molecule has 0 unspecified atom stereocenters. The Morgan fingerprint density at radius 1 is 1.12 bits per heavy atom. The molecule has 146 valence electrons. The SMILES string of the molecule is CCNC(=NCc1ccc(C(=O)N(C)C)cc1)NCCCOCCOC. The van der Waals surface area contributed by atoms with Crippen LogP contribution in [0.3, 0.4) is 0 Å². The van der Waals surface area contributed by atoms with Crippen LogP contribution in [0.25, 0.3) is 0 Å². The standard InChI is InChI=1S/C19H32N4O3/c1-5-20-19(21-11-6-12-26-14-13-25-4)22-15-16-7-9-17(10-8-16)18(24)23(2)3/h7-10H,5-6,11-15H2,1-4H3,(H2,20,21,22). The number of carbonyl (C=O) groups is 1. The van der Waals surface area contributed by atoms with Crippen molar-refractivity contribution in [2.75, 3.05) is 54.1 Å². The van der Waals surface area contributed by atoms with Gasteiger partial charge in [-0.05, 0) is 31.0 Å². The highest BCUT2D eigenvalue weighted by Crippen LogP contribution is 2.07. The van der Waals surface area contributed by atoms with Gasteiger partial charge in [0.1, 0.15) is 0 Å². The third-order valence-electron chi connectivity index (χ3n) is 3.56. The minimum Gasteiger partial charge on any atom is -0.382 e. The maximum absolute atomic E-state index is 11.9. The molecule has 0 aromatic heterocycles. The van der Waals surface area contributed by atoms with E-state index in [-0.39, 0.29) is 5.91 Å². The summed E-state index contributed by atoms with van der Waals surface area (Å²) in [6.45, 7) is 6.11. The van der Waals surface area contributed by atoms with Crippen molar-refractivity contribution in [3.8, 4) is 0 Å². The molecule has 1 aromatic rings. The van der Waals surface area contributed by atoms with Gasteiger partial charge >= 0.3 is 0 Å². The molecular weight excluding hydrogens is 332 g/mol. The number of aliphatic imine (C=N–C) groups is 1. The zero-order valence-corrected chi connectivity index (χ0v) is 16.4. The first kappa shape index (κ1) is 21.9. The average molecular weight is 364 g/mol. The molecule has 0 radical (unpaired) electrons. The van der Waals surface area contributed by atoms with Crippen LogP contribution in [0, 0.1) is 0 Å². The van der Waals surface area contributed by atoms with Gasteiger partial charge in [0.15, 0.2) is 5.96 Å². The second-order valence-electron chi connectivity index (χ2n) is 5.98. The first-order chi connectivity index (χ1) is 12.6. The maximum Gasteiger partial charge on any atom is 0.253 e. The van der Waals surface area contributed by atoms with Crippen molar-refractivity contribution in [1.29, 1.82) is 0 Å². The van der Waals surface area contributed by atoms with E-state index < -0.39 is 0 Å². The minimum atomic E-state index is 0.00257. The normalized spacial score (nSPS) is 11.3. The van der Waals surface area contributed by atoms with Crippen LogP contribution in [0.15, 0.2) is 29.3 Å². The average Bonchev–Trinajstić information content (AvgIpc) is 2.65. The van der Waals surface area contributed by atoms with E-state index in [1.807, 2.05) is 31.2 Å². The number of amides is 1. The molecule has 1 aromatic carbocycles. The summed E-state index contributed by atoms with van der Waals surface area (Å²) in [5, 5.41) is 6.52. The Kier molecular flexibility index (Phi) is 11.1. The van der Waals surface area contributed by atoms with Crippen molar-refractivity contribution in [3.05, 3.63) is 35.4 Å². The van der Waals surface area contributed by atoms with E-state index in [0.29, 0.717) is 31.9 Å². The van der Waals surface area contributed by atoms with Gasteiger partial charge in [-0.15, -0.1) is 0 Å². The smallest absolute Gasteiger partial charge is 0.253 e. The Labute approximate surface area is 156 Å². The molecule has 0 heterocycles. The van der Waals surface area contributed by atoms with Gasteiger partial charge in [-0.25, -0.2) is 4.99 Å². The molecule has 0 saturated heterocycles.